The van der Waals surface area contributed by atoms with E-state index in [0.29, 0.717) is 24.8 Å². The number of Topliss-reactive ketones (excluding diaryl/α,β-unsaturated/α-hetero) is 1. The third kappa shape index (κ3) is 3.03. The minimum atomic E-state index is 0.0378. The number of hydrogen-bond donors (Lipinski definition) is 0. The van der Waals surface area contributed by atoms with Gasteiger partial charge in [0.2, 0.25) is 5.91 Å². The van der Waals surface area contributed by atoms with Crippen LogP contribution in [0.4, 0.5) is 0 Å². The molecule has 1 fully saturated rings. The second-order valence-corrected chi connectivity index (χ2v) is 5.72. The highest BCUT2D eigenvalue weighted by molar-refractivity contribution is 6.00. The number of aryl methyl sites for hydroxylation is 1. The van der Waals surface area contributed by atoms with Gasteiger partial charge < -0.3 is 4.90 Å². The van der Waals surface area contributed by atoms with Crippen molar-refractivity contribution in [1.29, 1.82) is 0 Å². The number of benzene rings is 1. The van der Waals surface area contributed by atoms with E-state index in [0.717, 1.165) is 11.1 Å². The van der Waals surface area contributed by atoms with Crippen LogP contribution in [-0.2, 0) is 4.79 Å². The van der Waals surface area contributed by atoms with Gasteiger partial charge in [0.1, 0.15) is 0 Å². The summed E-state index contributed by atoms with van der Waals surface area (Å²) in [4.78, 5) is 25.9. The van der Waals surface area contributed by atoms with Crippen LogP contribution in [-0.4, -0.2) is 29.7 Å². The molecule has 1 aromatic rings. The first kappa shape index (κ1) is 13.8. The molecule has 19 heavy (non-hydrogen) atoms. The summed E-state index contributed by atoms with van der Waals surface area (Å²) in [6.45, 7) is 7.12. The van der Waals surface area contributed by atoms with Crippen LogP contribution in [0.1, 0.15) is 36.2 Å². The SMILES string of the molecule is Cc1ccccc1C(=O)CN1CC(C(C)C)CC1=O. The maximum absolute atomic E-state index is 12.2. The smallest absolute Gasteiger partial charge is 0.223 e. The zero-order valence-corrected chi connectivity index (χ0v) is 11.8. The molecule has 1 amide bonds. The first-order chi connectivity index (χ1) is 8.99. The number of amides is 1. The molecule has 0 aromatic heterocycles. The van der Waals surface area contributed by atoms with Gasteiger partial charge in [0.15, 0.2) is 5.78 Å². The molecule has 1 aliphatic rings. The number of nitrogens with zero attached hydrogens (tertiary/aromatic N) is 1. The minimum absolute atomic E-state index is 0.0378. The van der Waals surface area contributed by atoms with Gasteiger partial charge in [-0.25, -0.2) is 0 Å². The predicted molar refractivity (Wildman–Crippen MR) is 75.0 cm³/mol. The summed E-state index contributed by atoms with van der Waals surface area (Å²) < 4.78 is 0. The van der Waals surface area contributed by atoms with Crippen LogP contribution in [0.5, 0.6) is 0 Å². The lowest BCUT2D eigenvalue weighted by Crippen LogP contribution is -2.31. The number of hydrogen-bond acceptors (Lipinski definition) is 2. The maximum atomic E-state index is 12.2. The highest BCUT2D eigenvalue weighted by Gasteiger charge is 2.32. The molecule has 1 atom stereocenters. The van der Waals surface area contributed by atoms with E-state index < -0.39 is 0 Å². The zero-order valence-electron chi connectivity index (χ0n) is 11.8. The molecule has 0 saturated carbocycles. The molecule has 1 unspecified atom stereocenters. The molecule has 1 saturated heterocycles. The average Bonchev–Trinajstić information content (AvgIpc) is 2.71. The van der Waals surface area contributed by atoms with Crippen molar-refractivity contribution in [2.75, 3.05) is 13.1 Å². The summed E-state index contributed by atoms with van der Waals surface area (Å²) >= 11 is 0. The molecule has 2 rings (SSSR count). The second-order valence-electron chi connectivity index (χ2n) is 5.72. The monoisotopic (exact) mass is 259 g/mol. The zero-order chi connectivity index (χ0) is 14.0. The van der Waals surface area contributed by atoms with Crippen LogP contribution in [0.3, 0.4) is 0 Å². The van der Waals surface area contributed by atoms with Crippen molar-refractivity contribution < 1.29 is 9.59 Å². The Morgan fingerprint density at radius 3 is 2.63 bits per heavy atom. The van der Waals surface area contributed by atoms with Gasteiger partial charge >= 0.3 is 0 Å². The first-order valence-corrected chi connectivity index (χ1v) is 6.85. The molecular formula is C16H21NO2. The molecule has 102 valence electrons. The fourth-order valence-corrected chi connectivity index (χ4v) is 2.55. The van der Waals surface area contributed by atoms with Gasteiger partial charge in [0, 0.05) is 18.5 Å². The van der Waals surface area contributed by atoms with Gasteiger partial charge in [-0.3, -0.25) is 9.59 Å². The number of rotatable bonds is 4. The summed E-state index contributed by atoms with van der Waals surface area (Å²) in [5, 5.41) is 0. The number of likely N-dealkylation sites (tertiary alicyclic amines) is 1. The highest BCUT2D eigenvalue weighted by Crippen LogP contribution is 2.25. The topological polar surface area (TPSA) is 37.4 Å². The van der Waals surface area contributed by atoms with Crippen LogP contribution in [0.2, 0.25) is 0 Å². The average molecular weight is 259 g/mol. The molecule has 1 heterocycles. The summed E-state index contributed by atoms with van der Waals surface area (Å²) in [6.07, 6.45) is 0.582. The van der Waals surface area contributed by atoms with E-state index in [1.807, 2.05) is 31.2 Å². The lowest BCUT2D eigenvalue weighted by Gasteiger charge is -2.17. The second kappa shape index (κ2) is 5.55. The van der Waals surface area contributed by atoms with Crippen molar-refractivity contribution in [3.05, 3.63) is 35.4 Å². The summed E-state index contributed by atoms with van der Waals surface area (Å²) in [7, 11) is 0. The van der Waals surface area contributed by atoms with E-state index in [2.05, 4.69) is 13.8 Å². The van der Waals surface area contributed by atoms with Crippen molar-refractivity contribution >= 4 is 11.7 Å². The first-order valence-electron chi connectivity index (χ1n) is 6.85. The maximum Gasteiger partial charge on any atom is 0.223 e. The van der Waals surface area contributed by atoms with Crippen molar-refractivity contribution in [3.8, 4) is 0 Å². The fraction of sp³-hybridized carbons (Fsp3) is 0.500. The van der Waals surface area contributed by atoms with Gasteiger partial charge in [0.05, 0.1) is 6.54 Å². The Morgan fingerprint density at radius 1 is 1.37 bits per heavy atom. The molecule has 1 aromatic carbocycles. The van der Waals surface area contributed by atoms with Gasteiger partial charge in [-0.15, -0.1) is 0 Å². The Morgan fingerprint density at radius 2 is 2.05 bits per heavy atom. The fourth-order valence-electron chi connectivity index (χ4n) is 2.55. The van der Waals surface area contributed by atoms with Crippen molar-refractivity contribution in [3.63, 3.8) is 0 Å². The molecule has 0 radical (unpaired) electrons. The van der Waals surface area contributed by atoms with E-state index in [1.54, 1.807) is 4.90 Å². The third-order valence-corrected chi connectivity index (χ3v) is 3.97. The Labute approximate surface area is 114 Å². The third-order valence-electron chi connectivity index (χ3n) is 3.97. The molecule has 0 spiro atoms. The molecular weight excluding hydrogens is 238 g/mol. The van der Waals surface area contributed by atoms with E-state index >= 15 is 0 Å². The lowest BCUT2D eigenvalue weighted by atomic mass is 9.95. The van der Waals surface area contributed by atoms with E-state index in [9.17, 15) is 9.59 Å². The van der Waals surface area contributed by atoms with Crippen LogP contribution in [0.25, 0.3) is 0 Å². The highest BCUT2D eigenvalue weighted by atomic mass is 16.2. The minimum Gasteiger partial charge on any atom is -0.335 e. The van der Waals surface area contributed by atoms with Crippen molar-refractivity contribution in [1.82, 2.24) is 4.90 Å². The lowest BCUT2D eigenvalue weighted by molar-refractivity contribution is -0.127. The number of carbonyl (C=O) groups excluding carboxylic acids is 2. The van der Waals surface area contributed by atoms with Gasteiger partial charge in [-0.1, -0.05) is 38.1 Å². The normalized spacial score (nSPS) is 19.3. The van der Waals surface area contributed by atoms with Gasteiger partial charge in [-0.05, 0) is 24.3 Å². The number of carbonyl (C=O) groups is 2. The Bertz CT molecular complexity index is 493. The molecule has 0 N–H and O–H groups in total. The largest absolute Gasteiger partial charge is 0.335 e. The van der Waals surface area contributed by atoms with Gasteiger partial charge in [0.25, 0.3) is 0 Å². The van der Waals surface area contributed by atoms with E-state index in [1.165, 1.54) is 0 Å². The Balaban J connectivity index is 2.04. The molecule has 3 nitrogen and oxygen atoms in total. The Kier molecular flexibility index (Phi) is 4.03. The predicted octanol–water partition coefficient (Wildman–Crippen LogP) is 2.68. The van der Waals surface area contributed by atoms with Crippen LogP contribution in [0, 0.1) is 18.8 Å². The van der Waals surface area contributed by atoms with Crippen LogP contribution in [0.15, 0.2) is 24.3 Å². The van der Waals surface area contributed by atoms with E-state index in [-0.39, 0.29) is 18.2 Å². The summed E-state index contributed by atoms with van der Waals surface area (Å²) in [5.74, 6) is 1.02. The molecule has 1 aliphatic heterocycles. The van der Waals surface area contributed by atoms with Crippen LogP contribution < -0.4 is 0 Å². The molecule has 0 bridgehead atoms. The summed E-state index contributed by atoms with van der Waals surface area (Å²) in [6, 6.07) is 7.54. The number of ketones is 1. The summed E-state index contributed by atoms with van der Waals surface area (Å²) in [5.41, 5.74) is 1.70. The Hall–Kier alpha value is -1.64. The van der Waals surface area contributed by atoms with Crippen molar-refractivity contribution in [2.24, 2.45) is 11.8 Å². The standard InChI is InChI=1S/C16H21NO2/c1-11(2)13-8-16(19)17(9-13)10-15(18)14-7-5-4-6-12(14)3/h4-7,11,13H,8-10H2,1-3H3. The van der Waals surface area contributed by atoms with Gasteiger partial charge in [-0.2, -0.15) is 0 Å². The van der Waals surface area contributed by atoms with Crippen LogP contribution >= 0.6 is 0 Å². The van der Waals surface area contributed by atoms with E-state index in [4.69, 9.17) is 0 Å². The van der Waals surface area contributed by atoms with Crippen molar-refractivity contribution in [2.45, 2.75) is 27.2 Å². The molecule has 0 aliphatic carbocycles. The quantitative estimate of drug-likeness (QED) is 0.780. The molecule has 3 heteroatoms.